The number of rotatable bonds is 11. The molecule has 0 saturated carbocycles. The predicted octanol–water partition coefficient (Wildman–Crippen LogP) is 3.02. The van der Waals surface area contributed by atoms with Crippen molar-refractivity contribution in [1.82, 2.24) is 25.4 Å². The third-order valence-corrected chi connectivity index (χ3v) is 6.03. The summed E-state index contributed by atoms with van der Waals surface area (Å²) in [5.41, 5.74) is 1.17. The maximum absolute atomic E-state index is 4.69. The Bertz CT molecular complexity index is 611. The van der Waals surface area contributed by atoms with Crippen LogP contribution in [0.15, 0.2) is 23.3 Å². The Balaban J connectivity index is 0.00000480. The zero-order valence-electron chi connectivity index (χ0n) is 20.2. The van der Waals surface area contributed by atoms with Crippen molar-refractivity contribution in [3.63, 3.8) is 0 Å². The van der Waals surface area contributed by atoms with Crippen molar-refractivity contribution in [3.05, 3.63) is 23.9 Å². The second kappa shape index (κ2) is 15.6. The second-order valence-electron chi connectivity index (χ2n) is 8.09. The van der Waals surface area contributed by atoms with Crippen LogP contribution in [0.4, 0.5) is 5.82 Å². The van der Waals surface area contributed by atoms with E-state index in [9.17, 15) is 0 Å². The zero-order chi connectivity index (χ0) is 21.8. The third-order valence-electron chi connectivity index (χ3n) is 6.03. The summed E-state index contributed by atoms with van der Waals surface area (Å²) in [7, 11) is 1.83. The van der Waals surface area contributed by atoms with Gasteiger partial charge in [0.05, 0.1) is 0 Å². The molecule has 1 aromatic rings. The average Bonchev–Trinajstić information content (AvgIpc) is 2.80. The lowest BCUT2D eigenvalue weighted by Crippen LogP contribution is -2.46. The number of nitrogens with zero attached hydrogens (tertiary/aromatic N) is 5. The van der Waals surface area contributed by atoms with Crippen LogP contribution in [0.1, 0.15) is 46.1 Å². The van der Waals surface area contributed by atoms with Gasteiger partial charge >= 0.3 is 0 Å². The molecule has 1 aromatic heterocycles. The molecule has 31 heavy (non-hydrogen) atoms. The molecular weight excluding hydrogens is 501 g/mol. The number of pyridine rings is 1. The van der Waals surface area contributed by atoms with Crippen molar-refractivity contribution in [1.29, 1.82) is 0 Å². The number of nitrogens with one attached hydrogen (secondary N) is 2. The van der Waals surface area contributed by atoms with Gasteiger partial charge in [0.25, 0.3) is 0 Å². The summed E-state index contributed by atoms with van der Waals surface area (Å²) in [6.45, 7) is 18.5. The van der Waals surface area contributed by atoms with Crippen LogP contribution in [0.2, 0.25) is 0 Å². The molecule has 1 aliphatic rings. The lowest BCUT2D eigenvalue weighted by Gasteiger charge is -2.34. The third kappa shape index (κ3) is 9.91. The SMILES string of the molecule is CCN(CC)CCCC(C)NC(=NC)NCc1ccc(N2CCN(CC)CC2)nc1.I. The molecule has 2 N–H and O–H groups in total. The maximum atomic E-state index is 4.69. The van der Waals surface area contributed by atoms with Gasteiger partial charge in [-0.2, -0.15) is 0 Å². The fourth-order valence-electron chi connectivity index (χ4n) is 3.85. The van der Waals surface area contributed by atoms with Crippen LogP contribution in [-0.2, 0) is 6.54 Å². The van der Waals surface area contributed by atoms with Gasteiger partial charge in [-0.3, -0.25) is 4.99 Å². The number of aliphatic imine (C=N–C) groups is 1. The minimum atomic E-state index is 0. The molecule has 1 fully saturated rings. The molecule has 1 atom stereocenters. The first-order valence-electron chi connectivity index (χ1n) is 11.7. The van der Waals surface area contributed by atoms with Crippen LogP contribution in [0.3, 0.4) is 0 Å². The Labute approximate surface area is 207 Å². The number of guanidine groups is 1. The molecule has 1 saturated heterocycles. The van der Waals surface area contributed by atoms with Gasteiger partial charge < -0.3 is 25.3 Å². The molecule has 1 aliphatic heterocycles. The van der Waals surface area contributed by atoms with Crippen molar-refractivity contribution in [2.75, 3.05) is 64.3 Å². The van der Waals surface area contributed by atoms with Crippen LogP contribution in [0.5, 0.6) is 0 Å². The van der Waals surface area contributed by atoms with Gasteiger partial charge in [-0.15, -0.1) is 24.0 Å². The Morgan fingerprint density at radius 2 is 1.87 bits per heavy atom. The quantitative estimate of drug-likeness (QED) is 0.253. The highest BCUT2D eigenvalue weighted by Crippen LogP contribution is 2.14. The standard InChI is InChI=1S/C23H43N7.HI/c1-6-28(7-2)13-9-10-20(4)27-23(24-5)26-19-21-11-12-22(25-18-21)30-16-14-29(8-3)15-17-30;/h11-12,18,20H,6-10,13-17,19H2,1-5H3,(H2,24,26,27);1H. The topological polar surface area (TPSA) is 59.0 Å². The molecule has 1 unspecified atom stereocenters. The minimum absolute atomic E-state index is 0. The molecule has 0 radical (unpaired) electrons. The molecule has 0 bridgehead atoms. The Morgan fingerprint density at radius 1 is 1.16 bits per heavy atom. The first-order chi connectivity index (χ1) is 14.6. The Hall–Kier alpha value is -1.13. The molecule has 7 nitrogen and oxygen atoms in total. The predicted molar refractivity (Wildman–Crippen MR) is 144 cm³/mol. The van der Waals surface area contributed by atoms with Gasteiger partial charge in [0.2, 0.25) is 0 Å². The number of anilines is 1. The molecular formula is C23H44IN7. The molecule has 0 amide bonds. The van der Waals surface area contributed by atoms with Gasteiger partial charge in [0.1, 0.15) is 5.82 Å². The zero-order valence-corrected chi connectivity index (χ0v) is 22.6. The van der Waals surface area contributed by atoms with E-state index < -0.39 is 0 Å². The maximum Gasteiger partial charge on any atom is 0.191 e. The molecule has 0 spiro atoms. The van der Waals surface area contributed by atoms with Gasteiger partial charge in [0.15, 0.2) is 5.96 Å². The molecule has 0 aromatic carbocycles. The van der Waals surface area contributed by atoms with E-state index in [4.69, 9.17) is 4.98 Å². The summed E-state index contributed by atoms with van der Waals surface area (Å²) in [5, 5.41) is 6.93. The summed E-state index contributed by atoms with van der Waals surface area (Å²) in [6.07, 6.45) is 4.32. The first-order valence-corrected chi connectivity index (χ1v) is 11.7. The normalized spacial score (nSPS) is 16.2. The highest BCUT2D eigenvalue weighted by molar-refractivity contribution is 14.0. The highest BCUT2D eigenvalue weighted by Gasteiger charge is 2.16. The molecule has 2 rings (SSSR count). The van der Waals surface area contributed by atoms with E-state index in [2.05, 4.69) is 70.2 Å². The monoisotopic (exact) mass is 545 g/mol. The van der Waals surface area contributed by atoms with Crippen molar-refractivity contribution < 1.29 is 0 Å². The smallest absolute Gasteiger partial charge is 0.191 e. The van der Waals surface area contributed by atoms with Crippen LogP contribution in [0.25, 0.3) is 0 Å². The number of hydrogen-bond acceptors (Lipinski definition) is 5. The number of hydrogen-bond donors (Lipinski definition) is 2. The van der Waals surface area contributed by atoms with Crippen LogP contribution >= 0.6 is 24.0 Å². The van der Waals surface area contributed by atoms with E-state index in [1.54, 1.807) is 0 Å². The van der Waals surface area contributed by atoms with E-state index in [-0.39, 0.29) is 24.0 Å². The Kier molecular flexibility index (Phi) is 14.1. The van der Waals surface area contributed by atoms with Gasteiger partial charge in [-0.1, -0.05) is 26.8 Å². The number of halogens is 1. The summed E-state index contributed by atoms with van der Waals surface area (Å²) in [4.78, 5) is 16.4. The highest BCUT2D eigenvalue weighted by atomic mass is 127. The number of piperazine rings is 1. The van der Waals surface area contributed by atoms with Crippen LogP contribution < -0.4 is 15.5 Å². The summed E-state index contributed by atoms with van der Waals surface area (Å²) in [5.74, 6) is 1.93. The molecule has 0 aliphatic carbocycles. The van der Waals surface area contributed by atoms with Gasteiger partial charge in [-0.25, -0.2) is 4.98 Å². The number of likely N-dealkylation sites (N-methyl/N-ethyl adjacent to an activating group) is 1. The molecule has 178 valence electrons. The summed E-state index contributed by atoms with van der Waals surface area (Å²) in [6, 6.07) is 4.71. The van der Waals surface area contributed by atoms with Crippen LogP contribution in [0, 0.1) is 0 Å². The van der Waals surface area contributed by atoms with E-state index >= 15 is 0 Å². The number of aromatic nitrogens is 1. The van der Waals surface area contributed by atoms with E-state index in [1.807, 2.05) is 13.2 Å². The van der Waals surface area contributed by atoms with E-state index in [1.165, 1.54) is 12.0 Å². The lowest BCUT2D eigenvalue weighted by atomic mass is 10.2. The van der Waals surface area contributed by atoms with Crippen molar-refractivity contribution >= 4 is 35.8 Å². The first kappa shape index (κ1) is 27.9. The molecule has 8 heteroatoms. The largest absolute Gasteiger partial charge is 0.354 e. The Morgan fingerprint density at radius 3 is 2.42 bits per heavy atom. The minimum Gasteiger partial charge on any atom is -0.354 e. The van der Waals surface area contributed by atoms with Crippen LogP contribution in [-0.4, -0.2) is 86.2 Å². The summed E-state index contributed by atoms with van der Waals surface area (Å²) < 4.78 is 0. The van der Waals surface area contributed by atoms with Gasteiger partial charge in [0, 0.05) is 52.0 Å². The average molecular weight is 546 g/mol. The second-order valence-corrected chi connectivity index (χ2v) is 8.09. The fourth-order valence-corrected chi connectivity index (χ4v) is 3.85. The van der Waals surface area contributed by atoms with E-state index in [0.717, 1.165) is 77.1 Å². The van der Waals surface area contributed by atoms with Crippen molar-refractivity contribution in [2.24, 2.45) is 4.99 Å². The molecule has 2 heterocycles. The van der Waals surface area contributed by atoms with Crippen molar-refractivity contribution in [3.8, 4) is 0 Å². The lowest BCUT2D eigenvalue weighted by molar-refractivity contribution is 0.270. The fraction of sp³-hybridized carbons (Fsp3) is 0.739. The van der Waals surface area contributed by atoms with Gasteiger partial charge in [-0.05, 0) is 57.6 Å². The summed E-state index contributed by atoms with van der Waals surface area (Å²) >= 11 is 0. The van der Waals surface area contributed by atoms with E-state index in [0.29, 0.717) is 6.04 Å². The van der Waals surface area contributed by atoms with Crippen molar-refractivity contribution in [2.45, 2.75) is 53.1 Å².